The second kappa shape index (κ2) is 10.2. The van der Waals surface area contributed by atoms with Gasteiger partial charge in [-0.25, -0.2) is 0 Å². The molecular formula is C21H38N4O2. The third-order valence-corrected chi connectivity index (χ3v) is 6.02. The Morgan fingerprint density at radius 2 is 2.26 bits per heavy atom. The van der Waals surface area contributed by atoms with Gasteiger partial charge in [0, 0.05) is 43.3 Å². The predicted molar refractivity (Wildman–Crippen MR) is 109 cm³/mol. The van der Waals surface area contributed by atoms with Crippen molar-refractivity contribution in [3.63, 3.8) is 0 Å². The van der Waals surface area contributed by atoms with Crippen molar-refractivity contribution in [2.24, 2.45) is 11.3 Å². The highest BCUT2D eigenvalue weighted by atomic mass is 16.5. The molecule has 0 bridgehead atoms. The van der Waals surface area contributed by atoms with E-state index in [1.165, 1.54) is 24.1 Å². The third-order valence-electron chi connectivity index (χ3n) is 6.02. The molecule has 2 N–H and O–H groups in total. The highest BCUT2D eigenvalue weighted by Crippen LogP contribution is 2.47. The number of ether oxygens (including phenoxy) is 1. The molecule has 2 atom stereocenters. The van der Waals surface area contributed by atoms with Crippen LogP contribution in [0.1, 0.15) is 70.1 Å². The van der Waals surface area contributed by atoms with Crippen LogP contribution in [0, 0.1) is 11.3 Å². The van der Waals surface area contributed by atoms with E-state index in [9.17, 15) is 4.79 Å². The molecule has 1 aliphatic carbocycles. The fraction of sp³-hybridized carbons (Fsp3) is 0.810. The minimum atomic E-state index is 0.0158. The first-order valence-electron chi connectivity index (χ1n) is 10.4. The first-order valence-corrected chi connectivity index (χ1v) is 10.4. The minimum Gasteiger partial charge on any atom is -0.383 e. The van der Waals surface area contributed by atoms with Crippen LogP contribution in [-0.2, 0) is 16.1 Å². The van der Waals surface area contributed by atoms with Crippen LogP contribution in [0.5, 0.6) is 0 Å². The Kier molecular flexibility index (Phi) is 8.29. The molecule has 6 nitrogen and oxygen atoms in total. The van der Waals surface area contributed by atoms with Gasteiger partial charge in [0.25, 0.3) is 0 Å². The van der Waals surface area contributed by atoms with Gasteiger partial charge in [-0.2, -0.15) is 5.10 Å². The number of carbonyl (C=O) groups excluding carboxylic acids is 1. The van der Waals surface area contributed by atoms with Crippen molar-refractivity contribution >= 4 is 5.91 Å². The monoisotopic (exact) mass is 378 g/mol. The van der Waals surface area contributed by atoms with Crippen LogP contribution in [0.15, 0.2) is 6.20 Å². The summed E-state index contributed by atoms with van der Waals surface area (Å²) in [6.07, 6.45) is 7.41. The van der Waals surface area contributed by atoms with Gasteiger partial charge >= 0.3 is 0 Å². The van der Waals surface area contributed by atoms with Crippen LogP contribution in [0.4, 0.5) is 0 Å². The van der Waals surface area contributed by atoms with E-state index in [1.54, 1.807) is 7.11 Å². The second-order valence-electron chi connectivity index (χ2n) is 8.70. The molecule has 0 spiro atoms. The fourth-order valence-corrected chi connectivity index (χ4v) is 4.16. The normalized spacial score (nSPS) is 22.1. The zero-order valence-corrected chi connectivity index (χ0v) is 17.8. The van der Waals surface area contributed by atoms with E-state index >= 15 is 0 Å². The molecule has 0 aromatic carbocycles. The molecule has 1 saturated carbocycles. The summed E-state index contributed by atoms with van der Waals surface area (Å²) in [6.45, 7) is 9.80. The average Bonchev–Trinajstić information content (AvgIpc) is 3.07. The summed E-state index contributed by atoms with van der Waals surface area (Å²) in [7, 11) is 3.83. The van der Waals surface area contributed by atoms with E-state index in [-0.39, 0.29) is 17.2 Å². The van der Waals surface area contributed by atoms with E-state index in [0.29, 0.717) is 19.1 Å². The van der Waals surface area contributed by atoms with Gasteiger partial charge in [0.05, 0.1) is 12.8 Å². The summed E-state index contributed by atoms with van der Waals surface area (Å²) in [4.78, 5) is 15.1. The van der Waals surface area contributed by atoms with Crippen LogP contribution >= 0.6 is 0 Å². The highest BCUT2D eigenvalue weighted by molar-refractivity contribution is 5.79. The Bertz CT molecular complexity index is 584. The van der Waals surface area contributed by atoms with Gasteiger partial charge in [-0.1, -0.05) is 27.2 Å². The summed E-state index contributed by atoms with van der Waals surface area (Å²) in [5.41, 5.74) is 2.52. The highest BCUT2D eigenvalue weighted by Gasteiger charge is 2.41. The molecular weight excluding hydrogens is 340 g/mol. The number of amides is 1. The molecule has 0 saturated heterocycles. The molecule has 1 amide bonds. The van der Waals surface area contributed by atoms with Crippen molar-refractivity contribution in [3.05, 3.63) is 17.5 Å². The Hall–Kier alpha value is -1.40. The van der Waals surface area contributed by atoms with Crippen molar-refractivity contribution in [1.82, 2.24) is 20.4 Å². The Labute approximate surface area is 164 Å². The summed E-state index contributed by atoms with van der Waals surface area (Å²) in [5, 5.41) is 10.6. The van der Waals surface area contributed by atoms with E-state index in [2.05, 4.69) is 48.2 Å². The zero-order chi connectivity index (χ0) is 19.9. The first kappa shape index (κ1) is 21.9. The van der Waals surface area contributed by atoms with Crippen LogP contribution in [0.2, 0.25) is 0 Å². The number of aromatic nitrogens is 2. The molecule has 1 aromatic rings. The van der Waals surface area contributed by atoms with Gasteiger partial charge in [0.2, 0.25) is 5.91 Å². The van der Waals surface area contributed by atoms with Gasteiger partial charge < -0.3 is 15.0 Å². The predicted octanol–water partition coefficient (Wildman–Crippen LogP) is 3.31. The molecule has 1 fully saturated rings. The fourth-order valence-electron chi connectivity index (χ4n) is 4.16. The number of unbranched alkanes of at least 4 members (excludes halogenated alkanes) is 1. The molecule has 0 radical (unpaired) electrons. The van der Waals surface area contributed by atoms with Crippen molar-refractivity contribution < 1.29 is 9.53 Å². The van der Waals surface area contributed by atoms with Crippen molar-refractivity contribution in [3.8, 4) is 0 Å². The number of rotatable bonds is 10. The maximum atomic E-state index is 12.8. The lowest BCUT2D eigenvalue weighted by molar-refractivity contribution is -0.130. The van der Waals surface area contributed by atoms with Crippen molar-refractivity contribution in [2.45, 2.75) is 65.3 Å². The Morgan fingerprint density at radius 1 is 1.48 bits per heavy atom. The molecule has 154 valence electrons. The van der Waals surface area contributed by atoms with Crippen molar-refractivity contribution in [2.75, 3.05) is 33.9 Å². The van der Waals surface area contributed by atoms with E-state index in [0.717, 1.165) is 32.4 Å². The number of methoxy groups -OCH3 is 1. The summed E-state index contributed by atoms with van der Waals surface area (Å²) in [6, 6.07) is 0. The number of H-pyrrole nitrogens is 1. The van der Waals surface area contributed by atoms with Gasteiger partial charge in [-0.05, 0) is 44.7 Å². The quantitative estimate of drug-likeness (QED) is 0.613. The topological polar surface area (TPSA) is 70.2 Å². The van der Waals surface area contributed by atoms with Crippen LogP contribution in [0.3, 0.4) is 0 Å². The van der Waals surface area contributed by atoms with E-state index in [1.807, 2.05) is 6.20 Å². The van der Waals surface area contributed by atoms with Crippen LogP contribution in [-0.4, -0.2) is 54.9 Å². The summed E-state index contributed by atoms with van der Waals surface area (Å²) >= 11 is 0. The largest absolute Gasteiger partial charge is 0.383 e. The van der Waals surface area contributed by atoms with Gasteiger partial charge in [0.1, 0.15) is 0 Å². The molecule has 0 aliphatic heterocycles. The number of hydrogen-bond donors (Lipinski definition) is 2. The molecule has 27 heavy (non-hydrogen) atoms. The van der Waals surface area contributed by atoms with Crippen LogP contribution < -0.4 is 5.32 Å². The van der Waals surface area contributed by atoms with Gasteiger partial charge in [-0.15, -0.1) is 0 Å². The van der Waals surface area contributed by atoms with Crippen molar-refractivity contribution in [1.29, 1.82) is 0 Å². The van der Waals surface area contributed by atoms with Gasteiger partial charge in [-0.3, -0.25) is 9.89 Å². The second-order valence-corrected chi connectivity index (χ2v) is 8.70. The molecule has 1 aromatic heterocycles. The molecule has 1 unspecified atom stereocenters. The number of hydrogen-bond acceptors (Lipinski definition) is 4. The Balaban J connectivity index is 2.05. The van der Waals surface area contributed by atoms with E-state index in [4.69, 9.17) is 4.74 Å². The minimum absolute atomic E-state index is 0.0158. The number of nitrogens with zero attached hydrogens (tertiary/aromatic N) is 2. The standard InChI is InChI=1S/C21H38N4O2/c1-6-7-11-25(4)15-17-14-23-24-19(17)16-8-9-21(2,3)18(13-16)20(26)22-10-12-27-5/h14,16,18H,6-13,15H2,1-5H3,(H,22,26)(H,23,24)/t16?,18-/m0/s1. The lowest BCUT2D eigenvalue weighted by atomic mass is 9.64. The first-order chi connectivity index (χ1) is 12.9. The molecule has 2 rings (SSSR count). The Morgan fingerprint density at radius 3 is 2.96 bits per heavy atom. The maximum Gasteiger partial charge on any atom is 0.223 e. The SMILES string of the molecule is CCCCN(C)Cc1cn[nH]c1C1CCC(C)(C)[C@H](C(=O)NCCOC)C1. The molecule has 6 heteroatoms. The number of aromatic amines is 1. The summed E-state index contributed by atoms with van der Waals surface area (Å²) in [5.74, 6) is 0.540. The van der Waals surface area contributed by atoms with Crippen LogP contribution in [0.25, 0.3) is 0 Å². The van der Waals surface area contributed by atoms with Gasteiger partial charge in [0.15, 0.2) is 0 Å². The number of nitrogens with one attached hydrogen (secondary N) is 2. The lowest BCUT2D eigenvalue weighted by Gasteiger charge is -2.41. The average molecular weight is 379 g/mol. The van der Waals surface area contributed by atoms with E-state index < -0.39 is 0 Å². The molecule has 1 heterocycles. The lowest BCUT2D eigenvalue weighted by Crippen LogP contribution is -2.43. The third kappa shape index (κ3) is 6.04. The molecule has 1 aliphatic rings. The summed E-state index contributed by atoms with van der Waals surface area (Å²) < 4.78 is 5.06. The zero-order valence-electron chi connectivity index (χ0n) is 17.8. The smallest absolute Gasteiger partial charge is 0.223 e. The maximum absolute atomic E-state index is 12.8. The number of carbonyl (C=O) groups is 1.